The molecule has 0 spiro atoms. The Labute approximate surface area is 135 Å². The van der Waals surface area contributed by atoms with E-state index in [9.17, 15) is 9.59 Å². The van der Waals surface area contributed by atoms with E-state index in [2.05, 4.69) is 29.5 Å². The van der Waals surface area contributed by atoms with Gasteiger partial charge in [0, 0.05) is 6.54 Å². The fourth-order valence-electron chi connectivity index (χ4n) is 2.52. The molecule has 1 aromatic carbocycles. The van der Waals surface area contributed by atoms with Gasteiger partial charge in [-0.25, -0.2) is 4.68 Å². The van der Waals surface area contributed by atoms with Crippen molar-refractivity contribution in [2.24, 2.45) is 5.92 Å². The van der Waals surface area contributed by atoms with E-state index < -0.39 is 0 Å². The Bertz CT molecular complexity index is 711. The Balaban J connectivity index is 1.98. The molecule has 2 aromatic rings. The SMILES string of the molecule is CCCC[C@H](CC)CNC(=O)Cn1nnc2ccccc2c1=O. The van der Waals surface area contributed by atoms with E-state index in [0.29, 0.717) is 23.4 Å². The van der Waals surface area contributed by atoms with Crippen molar-refractivity contribution in [2.75, 3.05) is 6.54 Å². The maximum atomic E-state index is 12.3. The van der Waals surface area contributed by atoms with Crippen molar-refractivity contribution >= 4 is 16.8 Å². The van der Waals surface area contributed by atoms with Crippen molar-refractivity contribution in [3.63, 3.8) is 0 Å². The zero-order chi connectivity index (χ0) is 16.7. The molecule has 1 aromatic heterocycles. The van der Waals surface area contributed by atoms with Crippen LogP contribution in [0, 0.1) is 5.92 Å². The van der Waals surface area contributed by atoms with Crippen molar-refractivity contribution in [1.29, 1.82) is 0 Å². The minimum atomic E-state index is -0.288. The van der Waals surface area contributed by atoms with Crippen LogP contribution in [0.4, 0.5) is 0 Å². The Hall–Kier alpha value is -2.24. The topological polar surface area (TPSA) is 76.9 Å². The molecule has 0 aliphatic heterocycles. The molecule has 0 saturated heterocycles. The van der Waals surface area contributed by atoms with Crippen LogP contribution in [0.15, 0.2) is 29.1 Å². The summed E-state index contributed by atoms with van der Waals surface area (Å²) in [6.07, 6.45) is 4.48. The second-order valence-corrected chi connectivity index (χ2v) is 5.79. The highest BCUT2D eigenvalue weighted by Gasteiger charge is 2.11. The Morgan fingerprint density at radius 1 is 1.30 bits per heavy atom. The first-order chi connectivity index (χ1) is 11.2. The molecule has 1 atom stereocenters. The van der Waals surface area contributed by atoms with Crippen LogP contribution in [0.5, 0.6) is 0 Å². The second-order valence-electron chi connectivity index (χ2n) is 5.79. The van der Waals surface area contributed by atoms with Gasteiger partial charge in [0.15, 0.2) is 0 Å². The molecule has 1 heterocycles. The lowest BCUT2D eigenvalue weighted by molar-refractivity contribution is -0.122. The quantitative estimate of drug-likeness (QED) is 0.809. The summed E-state index contributed by atoms with van der Waals surface area (Å²) in [6.45, 7) is 4.84. The molecular weight excluding hydrogens is 292 g/mol. The lowest BCUT2D eigenvalue weighted by Gasteiger charge is -2.15. The summed E-state index contributed by atoms with van der Waals surface area (Å²) in [7, 11) is 0. The summed E-state index contributed by atoms with van der Waals surface area (Å²) in [5.41, 5.74) is 0.253. The van der Waals surface area contributed by atoms with Crippen LogP contribution < -0.4 is 10.9 Å². The summed E-state index contributed by atoms with van der Waals surface area (Å²) in [5.74, 6) is 0.282. The average Bonchev–Trinajstić information content (AvgIpc) is 2.58. The van der Waals surface area contributed by atoms with Crippen LogP contribution >= 0.6 is 0 Å². The summed E-state index contributed by atoms with van der Waals surface area (Å²) >= 11 is 0. The Morgan fingerprint density at radius 2 is 2.09 bits per heavy atom. The van der Waals surface area contributed by atoms with Crippen LogP contribution in [0.3, 0.4) is 0 Å². The molecule has 0 fully saturated rings. The van der Waals surface area contributed by atoms with Gasteiger partial charge in [0.1, 0.15) is 12.1 Å². The molecule has 1 N–H and O–H groups in total. The number of amides is 1. The van der Waals surface area contributed by atoms with Crippen molar-refractivity contribution in [3.05, 3.63) is 34.6 Å². The molecule has 0 bridgehead atoms. The van der Waals surface area contributed by atoms with Gasteiger partial charge in [0.25, 0.3) is 5.56 Å². The van der Waals surface area contributed by atoms with E-state index in [0.717, 1.165) is 23.9 Å². The minimum absolute atomic E-state index is 0.0963. The number of hydrogen-bond donors (Lipinski definition) is 1. The first-order valence-electron chi connectivity index (χ1n) is 8.25. The van der Waals surface area contributed by atoms with Crippen molar-refractivity contribution in [1.82, 2.24) is 20.3 Å². The number of hydrogen-bond acceptors (Lipinski definition) is 4. The highest BCUT2D eigenvalue weighted by Crippen LogP contribution is 2.11. The number of rotatable bonds is 8. The fraction of sp³-hybridized carbons (Fsp3) is 0.529. The van der Waals surface area contributed by atoms with Gasteiger partial charge in [-0.05, 0) is 24.5 Å². The number of fused-ring (bicyclic) bond motifs is 1. The van der Waals surface area contributed by atoms with Gasteiger partial charge in [0.05, 0.1) is 5.39 Å². The monoisotopic (exact) mass is 316 g/mol. The number of aromatic nitrogens is 3. The summed E-state index contributed by atoms with van der Waals surface area (Å²) in [4.78, 5) is 24.3. The summed E-state index contributed by atoms with van der Waals surface area (Å²) in [5, 5.41) is 11.2. The molecule has 6 heteroatoms. The van der Waals surface area contributed by atoms with Gasteiger partial charge in [-0.1, -0.05) is 50.5 Å². The van der Waals surface area contributed by atoms with Gasteiger partial charge in [-0.15, -0.1) is 5.10 Å². The third kappa shape index (κ3) is 4.61. The maximum absolute atomic E-state index is 12.3. The highest BCUT2D eigenvalue weighted by atomic mass is 16.2. The minimum Gasteiger partial charge on any atom is -0.354 e. The lowest BCUT2D eigenvalue weighted by Crippen LogP contribution is -2.36. The number of nitrogens with zero attached hydrogens (tertiary/aromatic N) is 3. The van der Waals surface area contributed by atoms with Crippen molar-refractivity contribution in [2.45, 2.75) is 46.1 Å². The Kier molecular flexibility index (Phi) is 6.26. The molecule has 0 unspecified atom stereocenters. The van der Waals surface area contributed by atoms with E-state index in [1.807, 2.05) is 0 Å². The van der Waals surface area contributed by atoms with Gasteiger partial charge < -0.3 is 5.32 Å². The molecule has 0 radical (unpaired) electrons. The predicted octanol–water partition coefficient (Wildman–Crippen LogP) is 2.12. The largest absolute Gasteiger partial charge is 0.354 e. The van der Waals surface area contributed by atoms with E-state index in [4.69, 9.17) is 0 Å². The number of benzene rings is 1. The molecule has 0 aliphatic rings. The number of nitrogens with one attached hydrogen (secondary N) is 1. The van der Waals surface area contributed by atoms with E-state index in [-0.39, 0.29) is 18.0 Å². The van der Waals surface area contributed by atoms with Crippen molar-refractivity contribution < 1.29 is 4.79 Å². The fourth-order valence-corrected chi connectivity index (χ4v) is 2.52. The van der Waals surface area contributed by atoms with Gasteiger partial charge >= 0.3 is 0 Å². The molecule has 1 amide bonds. The molecular formula is C17H24N4O2. The summed E-state index contributed by atoms with van der Waals surface area (Å²) < 4.78 is 1.12. The van der Waals surface area contributed by atoms with Gasteiger partial charge in [0.2, 0.25) is 5.91 Å². The van der Waals surface area contributed by atoms with E-state index in [1.165, 1.54) is 6.42 Å². The number of unbranched alkanes of at least 4 members (excludes halogenated alkanes) is 1. The molecule has 2 rings (SSSR count). The Morgan fingerprint density at radius 3 is 2.83 bits per heavy atom. The first-order valence-corrected chi connectivity index (χ1v) is 8.25. The lowest BCUT2D eigenvalue weighted by atomic mass is 9.99. The van der Waals surface area contributed by atoms with E-state index >= 15 is 0 Å². The molecule has 124 valence electrons. The second kappa shape index (κ2) is 8.41. The van der Waals surface area contributed by atoms with Crippen LogP contribution in [0.25, 0.3) is 10.9 Å². The van der Waals surface area contributed by atoms with Crippen molar-refractivity contribution in [3.8, 4) is 0 Å². The third-order valence-electron chi connectivity index (χ3n) is 4.05. The van der Waals surface area contributed by atoms with Crippen LogP contribution in [-0.4, -0.2) is 27.4 Å². The van der Waals surface area contributed by atoms with Crippen LogP contribution in [-0.2, 0) is 11.3 Å². The smallest absolute Gasteiger partial charge is 0.278 e. The molecule has 0 saturated carbocycles. The van der Waals surface area contributed by atoms with Gasteiger partial charge in [-0.2, -0.15) is 0 Å². The summed E-state index contributed by atoms with van der Waals surface area (Å²) in [6, 6.07) is 7.00. The first kappa shape index (κ1) is 17.1. The number of carbonyl (C=O) groups is 1. The number of carbonyl (C=O) groups excluding carboxylic acids is 1. The van der Waals surface area contributed by atoms with E-state index in [1.54, 1.807) is 24.3 Å². The average molecular weight is 316 g/mol. The zero-order valence-corrected chi connectivity index (χ0v) is 13.8. The zero-order valence-electron chi connectivity index (χ0n) is 13.8. The van der Waals surface area contributed by atoms with Gasteiger partial charge in [-0.3, -0.25) is 9.59 Å². The predicted molar refractivity (Wildman–Crippen MR) is 90.1 cm³/mol. The van der Waals surface area contributed by atoms with Crippen LogP contribution in [0.2, 0.25) is 0 Å². The standard InChI is InChI=1S/C17H24N4O2/c1-3-5-8-13(4-2)11-18-16(22)12-21-17(23)14-9-6-7-10-15(14)19-20-21/h6-7,9-10,13H,3-5,8,11-12H2,1-2H3,(H,18,22)/t13-/m0/s1. The highest BCUT2D eigenvalue weighted by molar-refractivity contribution is 5.78. The molecule has 23 heavy (non-hydrogen) atoms. The third-order valence-corrected chi connectivity index (χ3v) is 4.05. The molecule has 0 aliphatic carbocycles. The van der Waals surface area contributed by atoms with Crippen LogP contribution in [0.1, 0.15) is 39.5 Å². The molecule has 6 nitrogen and oxygen atoms in total. The normalized spacial score (nSPS) is 12.3. The maximum Gasteiger partial charge on any atom is 0.278 e.